The highest BCUT2D eigenvalue weighted by molar-refractivity contribution is 5.75. The molecule has 1 saturated heterocycles. The summed E-state index contributed by atoms with van der Waals surface area (Å²) >= 11 is 0. The minimum absolute atomic E-state index is 0.0669. The number of rotatable bonds is 12. The zero-order valence-corrected chi connectivity index (χ0v) is 17.1. The van der Waals surface area contributed by atoms with Crippen LogP contribution in [0.5, 0.6) is 0 Å². The Morgan fingerprint density at radius 1 is 1.08 bits per heavy atom. The molecule has 1 fully saturated rings. The minimum Gasteiger partial charge on any atom is -0.378 e. The molecule has 1 heterocycles. The molecule has 1 amide bonds. The van der Waals surface area contributed by atoms with Crippen molar-refractivity contribution in [3.63, 3.8) is 0 Å². The van der Waals surface area contributed by atoms with Crippen LogP contribution in [-0.4, -0.2) is 75.5 Å². The zero-order chi connectivity index (χ0) is 18.9. The van der Waals surface area contributed by atoms with Crippen LogP contribution < -0.4 is 10.6 Å². The van der Waals surface area contributed by atoms with Crippen molar-refractivity contribution in [2.75, 3.05) is 52.6 Å². The van der Waals surface area contributed by atoms with E-state index in [0.29, 0.717) is 44.9 Å². The van der Waals surface area contributed by atoms with Crippen molar-refractivity contribution in [2.24, 2.45) is 0 Å². The number of piperidine rings is 1. The predicted molar refractivity (Wildman–Crippen MR) is 104 cm³/mol. The first-order valence-corrected chi connectivity index (χ1v) is 10.0. The highest BCUT2D eigenvalue weighted by Crippen LogP contribution is 2.10. The number of carbonyl (C=O) groups is 1. The summed E-state index contributed by atoms with van der Waals surface area (Å²) in [5.74, 6) is 0.0669. The van der Waals surface area contributed by atoms with E-state index in [1.54, 1.807) is 0 Å². The van der Waals surface area contributed by atoms with Crippen LogP contribution in [0, 0.1) is 0 Å². The number of nitrogens with one attached hydrogen (secondary N) is 2. The molecule has 1 rings (SSSR count). The van der Waals surface area contributed by atoms with Crippen molar-refractivity contribution in [3.8, 4) is 0 Å². The Morgan fingerprint density at radius 3 is 2.24 bits per heavy atom. The van der Waals surface area contributed by atoms with Crippen LogP contribution in [0.4, 0.5) is 0 Å². The average molecular weight is 360 g/mol. The Labute approximate surface area is 155 Å². The van der Waals surface area contributed by atoms with Gasteiger partial charge < -0.3 is 25.0 Å². The van der Waals surface area contributed by atoms with Gasteiger partial charge in [-0.3, -0.25) is 4.79 Å². The fraction of sp³-hybridized carbons (Fsp3) is 0.947. The van der Waals surface area contributed by atoms with Crippen LogP contribution in [0.15, 0.2) is 0 Å². The number of hydrogen-bond donors (Lipinski definition) is 2. The molecule has 6 heteroatoms. The molecule has 25 heavy (non-hydrogen) atoms. The highest BCUT2D eigenvalue weighted by Gasteiger charge is 2.18. The van der Waals surface area contributed by atoms with Gasteiger partial charge >= 0.3 is 0 Å². The van der Waals surface area contributed by atoms with Gasteiger partial charge in [-0.2, -0.15) is 0 Å². The first kappa shape index (κ1) is 24.3. The quantitative estimate of drug-likeness (QED) is 0.522. The summed E-state index contributed by atoms with van der Waals surface area (Å²) in [5.41, 5.74) is 0. The first-order valence-electron chi connectivity index (χ1n) is 10.0. The normalized spacial score (nSPS) is 15.8. The van der Waals surface area contributed by atoms with Crippen LogP contribution >= 0.6 is 0 Å². The topological polar surface area (TPSA) is 62.8 Å². The molecule has 1 aliphatic heterocycles. The van der Waals surface area contributed by atoms with E-state index in [-0.39, 0.29) is 5.91 Å². The molecule has 2 N–H and O–H groups in total. The SMILES string of the molecule is CC.CCC(=O)NCCOCCOCCN1CCC(NC(C)C)CC1. The van der Waals surface area contributed by atoms with Gasteiger partial charge in [0.1, 0.15) is 0 Å². The van der Waals surface area contributed by atoms with Gasteiger partial charge in [0.15, 0.2) is 0 Å². The third-order valence-electron chi connectivity index (χ3n) is 3.97. The zero-order valence-electron chi connectivity index (χ0n) is 17.1. The summed E-state index contributed by atoms with van der Waals surface area (Å²) in [4.78, 5) is 13.5. The van der Waals surface area contributed by atoms with Gasteiger partial charge in [-0.05, 0) is 25.9 Å². The van der Waals surface area contributed by atoms with Crippen LogP contribution in [0.2, 0.25) is 0 Å². The van der Waals surface area contributed by atoms with E-state index in [0.717, 1.165) is 26.2 Å². The highest BCUT2D eigenvalue weighted by atomic mass is 16.5. The molecule has 0 aromatic heterocycles. The molecular weight excluding hydrogens is 318 g/mol. The maximum absolute atomic E-state index is 11.0. The lowest BCUT2D eigenvalue weighted by molar-refractivity contribution is -0.121. The molecule has 0 radical (unpaired) electrons. The smallest absolute Gasteiger partial charge is 0.219 e. The molecule has 150 valence electrons. The number of hydrogen-bond acceptors (Lipinski definition) is 5. The fourth-order valence-corrected chi connectivity index (χ4v) is 2.70. The Bertz CT molecular complexity index is 306. The molecule has 0 aromatic carbocycles. The predicted octanol–water partition coefficient (Wildman–Crippen LogP) is 2.03. The van der Waals surface area contributed by atoms with Gasteiger partial charge in [-0.1, -0.05) is 34.6 Å². The maximum Gasteiger partial charge on any atom is 0.219 e. The van der Waals surface area contributed by atoms with Crippen LogP contribution in [-0.2, 0) is 14.3 Å². The molecule has 0 atom stereocenters. The number of nitrogens with zero attached hydrogens (tertiary/aromatic N) is 1. The van der Waals surface area contributed by atoms with Crippen molar-refractivity contribution in [2.45, 2.75) is 66.0 Å². The lowest BCUT2D eigenvalue weighted by Gasteiger charge is -2.33. The second kappa shape index (κ2) is 16.8. The van der Waals surface area contributed by atoms with Crippen LogP contribution in [0.25, 0.3) is 0 Å². The van der Waals surface area contributed by atoms with Crippen molar-refractivity contribution in [1.82, 2.24) is 15.5 Å². The van der Waals surface area contributed by atoms with E-state index in [9.17, 15) is 4.79 Å². The summed E-state index contributed by atoms with van der Waals surface area (Å²) in [6, 6.07) is 1.25. The Morgan fingerprint density at radius 2 is 1.68 bits per heavy atom. The largest absolute Gasteiger partial charge is 0.378 e. The standard InChI is InChI=1S/C17H35N3O3.C2H6/c1-4-17(21)18-7-11-22-13-14-23-12-10-20-8-5-16(6-9-20)19-15(2)3;1-2/h15-16,19H,4-14H2,1-3H3,(H,18,21);1-2H3. The number of carbonyl (C=O) groups excluding carboxylic acids is 1. The summed E-state index contributed by atoms with van der Waals surface area (Å²) in [6.45, 7) is 16.7. The lowest BCUT2D eigenvalue weighted by Crippen LogP contribution is -2.45. The molecule has 0 saturated carbocycles. The van der Waals surface area contributed by atoms with E-state index in [4.69, 9.17) is 9.47 Å². The summed E-state index contributed by atoms with van der Waals surface area (Å²) < 4.78 is 11.0. The second-order valence-corrected chi connectivity index (χ2v) is 6.37. The van der Waals surface area contributed by atoms with Gasteiger partial charge in [0.2, 0.25) is 5.91 Å². The Hall–Kier alpha value is -0.690. The van der Waals surface area contributed by atoms with E-state index < -0.39 is 0 Å². The van der Waals surface area contributed by atoms with Gasteiger partial charge in [0.25, 0.3) is 0 Å². The van der Waals surface area contributed by atoms with E-state index in [1.807, 2.05) is 20.8 Å². The van der Waals surface area contributed by atoms with Crippen LogP contribution in [0.3, 0.4) is 0 Å². The second-order valence-electron chi connectivity index (χ2n) is 6.37. The van der Waals surface area contributed by atoms with Gasteiger partial charge in [-0.25, -0.2) is 0 Å². The number of likely N-dealkylation sites (tertiary alicyclic amines) is 1. The van der Waals surface area contributed by atoms with Crippen molar-refractivity contribution >= 4 is 5.91 Å². The fourth-order valence-electron chi connectivity index (χ4n) is 2.70. The summed E-state index contributed by atoms with van der Waals surface area (Å²) in [7, 11) is 0. The van der Waals surface area contributed by atoms with Gasteiger partial charge in [0.05, 0.1) is 26.4 Å². The van der Waals surface area contributed by atoms with Crippen LogP contribution in [0.1, 0.15) is 53.9 Å². The Kier molecular flexibility index (Phi) is 16.3. The van der Waals surface area contributed by atoms with E-state index >= 15 is 0 Å². The van der Waals surface area contributed by atoms with E-state index in [1.165, 1.54) is 12.8 Å². The first-order chi connectivity index (χ1) is 12.1. The molecule has 0 aromatic rings. The number of amides is 1. The minimum atomic E-state index is 0.0669. The average Bonchev–Trinajstić information content (AvgIpc) is 2.62. The Balaban J connectivity index is 0.00000277. The molecule has 0 aliphatic carbocycles. The van der Waals surface area contributed by atoms with Crippen molar-refractivity contribution in [1.29, 1.82) is 0 Å². The third kappa shape index (κ3) is 14.2. The molecule has 0 unspecified atom stereocenters. The van der Waals surface area contributed by atoms with Crippen molar-refractivity contribution in [3.05, 3.63) is 0 Å². The maximum atomic E-state index is 11.0. The molecule has 1 aliphatic rings. The molecule has 6 nitrogen and oxygen atoms in total. The molecule has 0 spiro atoms. The van der Waals surface area contributed by atoms with Crippen molar-refractivity contribution < 1.29 is 14.3 Å². The van der Waals surface area contributed by atoms with E-state index in [2.05, 4.69) is 29.4 Å². The van der Waals surface area contributed by atoms with Gasteiger partial charge in [-0.15, -0.1) is 0 Å². The lowest BCUT2D eigenvalue weighted by atomic mass is 10.0. The summed E-state index contributed by atoms with van der Waals surface area (Å²) in [6.07, 6.45) is 2.98. The monoisotopic (exact) mass is 359 g/mol. The number of ether oxygens (including phenoxy) is 2. The van der Waals surface area contributed by atoms with Gasteiger partial charge in [0, 0.05) is 31.6 Å². The third-order valence-corrected chi connectivity index (χ3v) is 3.97. The molecule has 0 bridgehead atoms. The molecular formula is C19H41N3O3. The summed E-state index contributed by atoms with van der Waals surface area (Å²) in [5, 5.41) is 6.39.